The number of carboxylic acids is 1. The summed E-state index contributed by atoms with van der Waals surface area (Å²) in [5, 5.41) is 8.67. The number of rotatable bonds is 3. The Hall–Kier alpha value is -1.49. The number of hydrogen-bond acceptors (Lipinski definition) is 4. The number of nitrogens with two attached hydrogens (primary N) is 1. The fourth-order valence-corrected chi connectivity index (χ4v) is 1.37. The third-order valence-electron chi connectivity index (χ3n) is 1.94. The van der Waals surface area contributed by atoms with Gasteiger partial charge in [-0.3, -0.25) is 14.8 Å². The fraction of sp³-hybridized carbons (Fsp3) is 0.444. The Kier molecular flexibility index (Phi) is 2.81. The van der Waals surface area contributed by atoms with Gasteiger partial charge >= 0.3 is 5.97 Å². The standard InChI is InChI=1S/C9H13N3O2/c1-6-8(12-4-3-11-6)9(2,10)5-7(13)14/h3-4H,5,10H2,1-2H3,(H,13,14). The second-order valence-electron chi connectivity index (χ2n) is 3.48. The Bertz CT molecular complexity index is 350. The first kappa shape index (κ1) is 10.6. The topological polar surface area (TPSA) is 89.1 Å². The van der Waals surface area contributed by atoms with Crippen molar-refractivity contribution in [2.75, 3.05) is 0 Å². The van der Waals surface area contributed by atoms with Gasteiger partial charge in [0.2, 0.25) is 0 Å². The van der Waals surface area contributed by atoms with Crippen LogP contribution < -0.4 is 5.73 Å². The molecule has 1 unspecified atom stereocenters. The van der Waals surface area contributed by atoms with Crippen molar-refractivity contribution in [2.24, 2.45) is 5.73 Å². The van der Waals surface area contributed by atoms with E-state index < -0.39 is 11.5 Å². The Morgan fingerprint density at radius 3 is 2.64 bits per heavy atom. The molecule has 0 spiro atoms. The maximum atomic E-state index is 10.6. The normalized spacial score (nSPS) is 14.8. The molecule has 0 saturated carbocycles. The van der Waals surface area contributed by atoms with E-state index in [2.05, 4.69) is 9.97 Å². The van der Waals surface area contributed by atoms with Gasteiger partial charge < -0.3 is 10.8 Å². The molecule has 0 saturated heterocycles. The van der Waals surface area contributed by atoms with Gasteiger partial charge in [0, 0.05) is 12.4 Å². The molecule has 14 heavy (non-hydrogen) atoms. The van der Waals surface area contributed by atoms with Gasteiger partial charge in [0.15, 0.2) is 0 Å². The van der Waals surface area contributed by atoms with Crippen LogP contribution in [0.3, 0.4) is 0 Å². The molecule has 0 amide bonds. The molecule has 3 N–H and O–H groups in total. The van der Waals surface area contributed by atoms with Crippen LogP contribution in [0.5, 0.6) is 0 Å². The number of carboxylic acid groups (broad SMARTS) is 1. The Morgan fingerprint density at radius 1 is 1.57 bits per heavy atom. The average Bonchev–Trinajstić information content (AvgIpc) is 2.02. The predicted molar refractivity (Wildman–Crippen MR) is 50.6 cm³/mol. The highest BCUT2D eigenvalue weighted by atomic mass is 16.4. The highest BCUT2D eigenvalue weighted by Gasteiger charge is 2.28. The third-order valence-corrected chi connectivity index (χ3v) is 1.94. The van der Waals surface area contributed by atoms with E-state index in [9.17, 15) is 4.79 Å². The van der Waals surface area contributed by atoms with Crippen LogP contribution >= 0.6 is 0 Å². The zero-order valence-corrected chi connectivity index (χ0v) is 8.19. The number of aromatic nitrogens is 2. The lowest BCUT2D eigenvalue weighted by Gasteiger charge is -2.22. The zero-order chi connectivity index (χ0) is 10.8. The van der Waals surface area contributed by atoms with E-state index in [1.165, 1.54) is 6.20 Å². The monoisotopic (exact) mass is 195 g/mol. The molecule has 0 radical (unpaired) electrons. The molecule has 1 aromatic heterocycles. The summed E-state index contributed by atoms with van der Waals surface area (Å²) in [6.07, 6.45) is 2.90. The molecule has 0 fully saturated rings. The summed E-state index contributed by atoms with van der Waals surface area (Å²) in [5.74, 6) is -0.944. The van der Waals surface area contributed by atoms with Crippen LogP contribution in [-0.2, 0) is 10.3 Å². The van der Waals surface area contributed by atoms with Crippen molar-refractivity contribution in [2.45, 2.75) is 25.8 Å². The average molecular weight is 195 g/mol. The molecule has 1 aromatic rings. The van der Waals surface area contributed by atoms with Gasteiger partial charge in [0.05, 0.1) is 23.3 Å². The minimum Gasteiger partial charge on any atom is -0.481 e. The second-order valence-corrected chi connectivity index (χ2v) is 3.48. The minimum absolute atomic E-state index is 0.160. The van der Waals surface area contributed by atoms with Crippen LogP contribution in [0.15, 0.2) is 12.4 Å². The number of hydrogen-bond donors (Lipinski definition) is 2. The number of aliphatic carboxylic acids is 1. The molecule has 0 aliphatic rings. The summed E-state index contributed by atoms with van der Waals surface area (Å²) in [5.41, 5.74) is 6.08. The molecule has 1 atom stereocenters. The summed E-state index contributed by atoms with van der Waals surface area (Å²) >= 11 is 0. The lowest BCUT2D eigenvalue weighted by molar-refractivity contribution is -0.138. The van der Waals surface area contributed by atoms with Crippen molar-refractivity contribution >= 4 is 5.97 Å². The number of carbonyl (C=O) groups is 1. The maximum absolute atomic E-state index is 10.6. The van der Waals surface area contributed by atoms with Gasteiger partial charge in [-0.15, -0.1) is 0 Å². The highest BCUT2D eigenvalue weighted by molar-refractivity contribution is 5.68. The van der Waals surface area contributed by atoms with Gasteiger partial charge in [-0.1, -0.05) is 0 Å². The lowest BCUT2D eigenvalue weighted by Crippen LogP contribution is -2.37. The van der Waals surface area contributed by atoms with E-state index >= 15 is 0 Å². The molecule has 76 valence electrons. The Morgan fingerprint density at radius 2 is 2.14 bits per heavy atom. The molecule has 5 heteroatoms. The van der Waals surface area contributed by atoms with Crippen LogP contribution in [0.1, 0.15) is 24.7 Å². The van der Waals surface area contributed by atoms with Gasteiger partial charge in [-0.2, -0.15) is 0 Å². The van der Waals surface area contributed by atoms with E-state index in [4.69, 9.17) is 10.8 Å². The van der Waals surface area contributed by atoms with Crippen molar-refractivity contribution in [1.29, 1.82) is 0 Å². The zero-order valence-electron chi connectivity index (χ0n) is 8.19. The summed E-state index contributed by atoms with van der Waals surface area (Å²) in [6.45, 7) is 3.40. The molecule has 0 aliphatic carbocycles. The van der Waals surface area contributed by atoms with Crippen molar-refractivity contribution in [3.05, 3.63) is 23.8 Å². The van der Waals surface area contributed by atoms with Gasteiger partial charge in [0.1, 0.15) is 0 Å². The van der Waals surface area contributed by atoms with Gasteiger partial charge in [-0.05, 0) is 13.8 Å². The Labute approximate surface area is 82.0 Å². The van der Waals surface area contributed by atoms with Crippen LogP contribution in [0, 0.1) is 6.92 Å². The Balaban J connectivity index is 3.03. The quantitative estimate of drug-likeness (QED) is 0.730. The highest BCUT2D eigenvalue weighted by Crippen LogP contribution is 2.20. The maximum Gasteiger partial charge on any atom is 0.305 e. The van der Waals surface area contributed by atoms with Crippen molar-refractivity contribution in [3.63, 3.8) is 0 Å². The lowest BCUT2D eigenvalue weighted by atomic mass is 9.93. The predicted octanol–water partition coefficient (Wildman–Crippen LogP) is 0.434. The van der Waals surface area contributed by atoms with E-state index in [0.717, 1.165) is 0 Å². The molecule has 5 nitrogen and oxygen atoms in total. The van der Waals surface area contributed by atoms with E-state index in [0.29, 0.717) is 11.4 Å². The van der Waals surface area contributed by atoms with E-state index in [1.807, 2.05) is 0 Å². The first-order valence-corrected chi connectivity index (χ1v) is 4.22. The van der Waals surface area contributed by atoms with Crippen molar-refractivity contribution in [1.82, 2.24) is 9.97 Å². The van der Waals surface area contributed by atoms with Gasteiger partial charge in [0.25, 0.3) is 0 Å². The third kappa shape index (κ3) is 2.26. The van der Waals surface area contributed by atoms with Crippen molar-refractivity contribution in [3.8, 4) is 0 Å². The fourth-order valence-electron chi connectivity index (χ4n) is 1.37. The smallest absolute Gasteiger partial charge is 0.305 e. The van der Waals surface area contributed by atoms with Crippen LogP contribution in [0.2, 0.25) is 0 Å². The number of aryl methyl sites for hydroxylation is 1. The molecule has 0 aromatic carbocycles. The molecule has 0 bridgehead atoms. The SMILES string of the molecule is Cc1nccnc1C(C)(N)CC(=O)O. The number of nitrogens with zero attached hydrogens (tertiary/aromatic N) is 2. The first-order valence-electron chi connectivity index (χ1n) is 4.22. The summed E-state index contributed by atoms with van der Waals surface area (Å²) < 4.78 is 0. The van der Waals surface area contributed by atoms with Gasteiger partial charge in [-0.25, -0.2) is 0 Å². The van der Waals surface area contributed by atoms with E-state index in [-0.39, 0.29) is 6.42 Å². The van der Waals surface area contributed by atoms with Crippen molar-refractivity contribution < 1.29 is 9.90 Å². The molecule has 0 aliphatic heterocycles. The first-order chi connectivity index (χ1) is 6.43. The summed E-state index contributed by atoms with van der Waals surface area (Å²) in [6, 6.07) is 0. The van der Waals surface area contributed by atoms with Crippen LogP contribution in [0.4, 0.5) is 0 Å². The van der Waals surface area contributed by atoms with E-state index in [1.54, 1.807) is 20.0 Å². The summed E-state index contributed by atoms with van der Waals surface area (Å²) in [4.78, 5) is 18.6. The minimum atomic E-state index is -0.968. The molecular formula is C9H13N3O2. The molecule has 1 rings (SSSR count). The second kappa shape index (κ2) is 3.71. The summed E-state index contributed by atoms with van der Waals surface area (Å²) in [7, 11) is 0. The largest absolute Gasteiger partial charge is 0.481 e. The van der Waals surface area contributed by atoms with Crippen LogP contribution in [0.25, 0.3) is 0 Å². The molecular weight excluding hydrogens is 182 g/mol. The molecule has 1 heterocycles. The van der Waals surface area contributed by atoms with Crippen LogP contribution in [-0.4, -0.2) is 21.0 Å².